The Morgan fingerprint density at radius 1 is 1.67 bits per heavy atom. The normalized spacial score (nSPS) is 25.9. The van der Waals surface area contributed by atoms with Gasteiger partial charge in [-0.1, -0.05) is 13.3 Å². The van der Waals surface area contributed by atoms with Gasteiger partial charge in [-0.25, -0.2) is 4.98 Å². The summed E-state index contributed by atoms with van der Waals surface area (Å²) in [5.74, 6) is 0.937. The van der Waals surface area contributed by atoms with Gasteiger partial charge < -0.3 is 9.88 Å². The molecule has 1 aromatic heterocycles. The molecule has 0 amide bonds. The minimum absolute atomic E-state index is 0.122. The van der Waals surface area contributed by atoms with Gasteiger partial charge in [-0.3, -0.25) is 4.79 Å². The molecule has 0 spiro atoms. The van der Waals surface area contributed by atoms with Crippen LogP contribution in [-0.2, 0) is 0 Å². The van der Waals surface area contributed by atoms with Crippen molar-refractivity contribution in [3.8, 4) is 0 Å². The lowest BCUT2D eigenvalue weighted by atomic mass is 10.1. The number of alkyl halides is 1. The maximum atomic E-state index is 11.5. The van der Waals surface area contributed by atoms with Crippen LogP contribution in [0.1, 0.15) is 13.3 Å². The monoisotopic (exact) mass is 227 g/mol. The predicted molar refractivity (Wildman–Crippen MR) is 60.5 cm³/mol. The van der Waals surface area contributed by atoms with Crippen molar-refractivity contribution in [2.24, 2.45) is 5.92 Å². The third kappa shape index (κ3) is 2.00. The first kappa shape index (κ1) is 10.5. The minimum atomic E-state index is -0.141. The molecule has 0 bridgehead atoms. The Hall–Kier alpha value is -1.03. The molecule has 0 saturated carbocycles. The van der Waals surface area contributed by atoms with Crippen LogP contribution in [0.5, 0.6) is 0 Å². The molecular formula is C10H14ClN3O. The summed E-state index contributed by atoms with van der Waals surface area (Å²) in [4.78, 5) is 20.2. The second-order valence-electron chi connectivity index (χ2n) is 3.83. The number of nitrogens with zero attached hydrogens (tertiary/aromatic N) is 2. The van der Waals surface area contributed by atoms with E-state index in [-0.39, 0.29) is 10.9 Å². The van der Waals surface area contributed by atoms with Crippen LogP contribution in [-0.4, -0.2) is 28.4 Å². The van der Waals surface area contributed by atoms with Gasteiger partial charge in [0.1, 0.15) is 0 Å². The summed E-state index contributed by atoms with van der Waals surface area (Å²) in [6, 6.07) is 0. The predicted octanol–water partition coefficient (Wildman–Crippen LogP) is 1.22. The highest BCUT2D eigenvalue weighted by atomic mass is 35.5. The van der Waals surface area contributed by atoms with E-state index in [0.717, 1.165) is 13.0 Å². The van der Waals surface area contributed by atoms with Crippen molar-refractivity contribution in [2.45, 2.75) is 18.7 Å². The fraction of sp³-hybridized carbons (Fsp3) is 0.600. The zero-order valence-electron chi connectivity index (χ0n) is 8.61. The molecule has 2 heterocycles. The van der Waals surface area contributed by atoms with Gasteiger partial charge in [0.15, 0.2) is 5.82 Å². The molecule has 5 heteroatoms. The number of aromatic nitrogens is 2. The average Bonchev–Trinajstić information content (AvgIpc) is 2.60. The van der Waals surface area contributed by atoms with Gasteiger partial charge in [0.25, 0.3) is 5.56 Å². The standard InChI is InChI=1S/C10H14ClN3O/c1-2-7-5-14(6-8(7)11)9-10(15)13-4-3-12-9/h3-4,7-8H,2,5-6H2,1H3,(H,13,15). The van der Waals surface area contributed by atoms with E-state index in [0.29, 0.717) is 18.3 Å². The van der Waals surface area contributed by atoms with E-state index in [9.17, 15) is 4.79 Å². The van der Waals surface area contributed by atoms with Crippen LogP contribution >= 0.6 is 11.6 Å². The second-order valence-corrected chi connectivity index (χ2v) is 4.39. The summed E-state index contributed by atoms with van der Waals surface area (Å²) < 4.78 is 0. The first-order chi connectivity index (χ1) is 7.22. The minimum Gasteiger partial charge on any atom is -0.350 e. The Bertz CT molecular complexity index is 392. The van der Waals surface area contributed by atoms with Crippen LogP contribution in [0, 0.1) is 5.92 Å². The molecule has 0 aliphatic carbocycles. The molecule has 1 aromatic rings. The van der Waals surface area contributed by atoms with E-state index in [1.165, 1.54) is 6.20 Å². The molecule has 1 aliphatic rings. The van der Waals surface area contributed by atoms with E-state index >= 15 is 0 Å². The SMILES string of the molecule is CCC1CN(c2ncc[nH]c2=O)CC1Cl. The maximum Gasteiger partial charge on any atom is 0.290 e. The number of hydrogen-bond acceptors (Lipinski definition) is 3. The third-order valence-corrected chi connectivity index (χ3v) is 3.37. The lowest BCUT2D eigenvalue weighted by molar-refractivity contribution is 0.574. The Morgan fingerprint density at radius 3 is 3.07 bits per heavy atom. The van der Waals surface area contributed by atoms with Gasteiger partial charge in [-0.15, -0.1) is 11.6 Å². The Labute approximate surface area is 93.3 Å². The van der Waals surface area contributed by atoms with Gasteiger partial charge in [-0.2, -0.15) is 0 Å². The fourth-order valence-electron chi connectivity index (χ4n) is 1.96. The van der Waals surface area contributed by atoms with Crippen LogP contribution in [0.2, 0.25) is 0 Å². The van der Waals surface area contributed by atoms with Gasteiger partial charge >= 0.3 is 0 Å². The van der Waals surface area contributed by atoms with Crippen molar-refractivity contribution in [3.05, 3.63) is 22.7 Å². The van der Waals surface area contributed by atoms with Crippen molar-refractivity contribution in [1.29, 1.82) is 0 Å². The Balaban J connectivity index is 2.21. The molecule has 1 fully saturated rings. The first-order valence-corrected chi connectivity index (χ1v) is 5.58. The summed E-state index contributed by atoms with van der Waals surface area (Å²) in [5.41, 5.74) is -0.141. The lowest BCUT2D eigenvalue weighted by Crippen LogP contribution is -2.28. The van der Waals surface area contributed by atoms with E-state index in [1.54, 1.807) is 6.20 Å². The first-order valence-electron chi connectivity index (χ1n) is 5.15. The van der Waals surface area contributed by atoms with Crippen LogP contribution in [0.4, 0.5) is 5.82 Å². The number of rotatable bonds is 2. The third-order valence-electron chi connectivity index (χ3n) is 2.87. The molecule has 2 unspecified atom stereocenters. The second kappa shape index (κ2) is 4.23. The maximum absolute atomic E-state index is 11.5. The van der Waals surface area contributed by atoms with Gasteiger partial charge in [0.05, 0.1) is 5.38 Å². The highest BCUT2D eigenvalue weighted by Crippen LogP contribution is 2.26. The van der Waals surface area contributed by atoms with E-state index in [2.05, 4.69) is 16.9 Å². The molecule has 2 rings (SSSR count). The van der Waals surface area contributed by atoms with Crippen LogP contribution in [0.25, 0.3) is 0 Å². The molecule has 1 saturated heterocycles. The molecule has 82 valence electrons. The van der Waals surface area contributed by atoms with E-state index < -0.39 is 0 Å². The van der Waals surface area contributed by atoms with E-state index in [4.69, 9.17) is 11.6 Å². The fourth-order valence-corrected chi connectivity index (χ4v) is 2.38. The smallest absolute Gasteiger partial charge is 0.290 e. The molecule has 2 atom stereocenters. The van der Waals surface area contributed by atoms with Crippen molar-refractivity contribution in [1.82, 2.24) is 9.97 Å². The number of halogens is 1. The summed E-state index contributed by atoms with van der Waals surface area (Å²) in [5, 5.41) is 0.122. The average molecular weight is 228 g/mol. The number of aromatic amines is 1. The summed E-state index contributed by atoms with van der Waals surface area (Å²) in [7, 11) is 0. The molecule has 0 radical (unpaired) electrons. The Morgan fingerprint density at radius 2 is 2.47 bits per heavy atom. The molecule has 0 aromatic carbocycles. The van der Waals surface area contributed by atoms with Gasteiger partial charge in [0, 0.05) is 25.5 Å². The molecular weight excluding hydrogens is 214 g/mol. The van der Waals surface area contributed by atoms with Gasteiger partial charge in [-0.05, 0) is 5.92 Å². The molecule has 4 nitrogen and oxygen atoms in total. The quantitative estimate of drug-likeness (QED) is 0.773. The van der Waals surface area contributed by atoms with Crippen LogP contribution in [0.3, 0.4) is 0 Å². The Kier molecular flexibility index (Phi) is 2.95. The zero-order valence-corrected chi connectivity index (χ0v) is 9.37. The van der Waals surface area contributed by atoms with Crippen LogP contribution in [0.15, 0.2) is 17.2 Å². The van der Waals surface area contributed by atoms with Crippen LogP contribution < -0.4 is 10.5 Å². The van der Waals surface area contributed by atoms with Crippen molar-refractivity contribution >= 4 is 17.4 Å². The highest BCUT2D eigenvalue weighted by molar-refractivity contribution is 6.21. The summed E-state index contributed by atoms with van der Waals surface area (Å²) >= 11 is 6.19. The molecule has 15 heavy (non-hydrogen) atoms. The van der Waals surface area contributed by atoms with Gasteiger partial charge in [0.2, 0.25) is 0 Å². The molecule has 1 aliphatic heterocycles. The zero-order chi connectivity index (χ0) is 10.8. The topological polar surface area (TPSA) is 49.0 Å². The van der Waals surface area contributed by atoms with Crippen molar-refractivity contribution in [3.63, 3.8) is 0 Å². The number of anilines is 1. The largest absolute Gasteiger partial charge is 0.350 e. The number of hydrogen-bond donors (Lipinski definition) is 1. The summed E-state index contributed by atoms with van der Waals surface area (Å²) in [6.45, 7) is 3.65. The van der Waals surface area contributed by atoms with E-state index in [1.807, 2.05) is 4.90 Å². The van der Waals surface area contributed by atoms with Crippen molar-refractivity contribution < 1.29 is 0 Å². The van der Waals surface area contributed by atoms with Crippen molar-refractivity contribution in [2.75, 3.05) is 18.0 Å². The number of nitrogens with one attached hydrogen (secondary N) is 1. The highest BCUT2D eigenvalue weighted by Gasteiger charge is 2.31. The summed E-state index contributed by atoms with van der Waals surface area (Å²) in [6.07, 6.45) is 4.17. The molecule has 1 N–H and O–H groups in total. The lowest BCUT2D eigenvalue weighted by Gasteiger charge is -2.14. The number of H-pyrrole nitrogens is 1.